The molecule has 0 fully saturated rings. The van der Waals surface area contributed by atoms with Crippen molar-refractivity contribution in [2.45, 2.75) is 0 Å². The molecule has 7 heteroatoms. The number of carbonyl (C=O) groups excluding carboxylic acids is 1. The van der Waals surface area contributed by atoms with E-state index in [2.05, 4.69) is 0 Å². The SMILES string of the molecule is COc1ccc(C=c2sc(=CC(=O)c3ccc(Cl)cc3)n(C)c2=O)cc1OC. The number of aromatic nitrogens is 1. The summed E-state index contributed by atoms with van der Waals surface area (Å²) in [7, 11) is 4.77. The van der Waals surface area contributed by atoms with Gasteiger partial charge >= 0.3 is 0 Å². The summed E-state index contributed by atoms with van der Waals surface area (Å²) < 4.78 is 13.1. The van der Waals surface area contributed by atoms with Crippen molar-refractivity contribution in [1.82, 2.24) is 4.57 Å². The summed E-state index contributed by atoms with van der Waals surface area (Å²) in [5, 5.41) is 0.562. The van der Waals surface area contributed by atoms with E-state index in [1.165, 1.54) is 22.0 Å². The Morgan fingerprint density at radius 3 is 2.39 bits per heavy atom. The lowest BCUT2D eigenvalue weighted by Crippen LogP contribution is -2.29. The summed E-state index contributed by atoms with van der Waals surface area (Å²) in [5.74, 6) is 1.00. The van der Waals surface area contributed by atoms with Crippen LogP contribution in [0.3, 0.4) is 0 Å². The number of ketones is 1. The fourth-order valence-corrected chi connectivity index (χ4v) is 3.77. The Kier molecular flexibility index (Phi) is 6.02. The first-order valence-electron chi connectivity index (χ1n) is 8.34. The van der Waals surface area contributed by atoms with Crippen LogP contribution in [0.5, 0.6) is 11.5 Å². The Morgan fingerprint density at radius 2 is 1.75 bits per heavy atom. The molecule has 28 heavy (non-hydrogen) atoms. The number of methoxy groups -OCH3 is 2. The van der Waals surface area contributed by atoms with Crippen LogP contribution in [0, 0.1) is 0 Å². The molecule has 0 N–H and O–H groups in total. The molecule has 0 spiro atoms. The molecule has 3 aromatic rings. The van der Waals surface area contributed by atoms with Crippen molar-refractivity contribution in [3.05, 3.63) is 78.2 Å². The third-order valence-corrected chi connectivity index (χ3v) is 5.51. The van der Waals surface area contributed by atoms with Crippen molar-refractivity contribution >= 4 is 40.9 Å². The monoisotopic (exact) mass is 415 g/mol. The highest BCUT2D eigenvalue weighted by atomic mass is 35.5. The van der Waals surface area contributed by atoms with E-state index < -0.39 is 0 Å². The van der Waals surface area contributed by atoms with Crippen LogP contribution in [0.15, 0.2) is 47.3 Å². The van der Waals surface area contributed by atoms with Crippen molar-refractivity contribution in [3.63, 3.8) is 0 Å². The number of rotatable bonds is 5. The van der Waals surface area contributed by atoms with Gasteiger partial charge in [-0.1, -0.05) is 17.7 Å². The van der Waals surface area contributed by atoms with E-state index >= 15 is 0 Å². The fraction of sp³-hybridized carbons (Fsp3) is 0.143. The maximum atomic E-state index is 12.6. The maximum Gasteiger partial charge on any atom is 0.268 e. The van der Waals surface area contributed by atoms with Crippen molar-refractivity contribution in [3.8, 4) is 11.5 Å². The zero-order valence-electron chi connectivity index (χ0n) is 15.6. The molecule has 144 valence electrons. The molecular formula is C21H18ClNO4S. The van der Waals surface area contributed by atoms with Crippen LogP contribution < -0.4 is 24.2 Å². The first kappa shape index (κ1) is 19.9. The van der Waals surface area contributed by atoms with Crippen LogP contribution in [-0.4, -0.2) is 24.6 Å². The predicted molar refractivity (Wildman–Crippen MR) is 112 cm³/mol. The van der Waals surface area contributed by atoms with Crippen molar-refractivity contribution in [2.24, 2.45) is 7.05 Å². The topological polar surface area (TPSA) is 57.5 Å². The Morgan fingerprint density at radius 1 is 1.07 bits per heavy atom. The minimum Gasteiger partial charge on any atom is -0.493 e. The molecule has 2 aromatic carbocycles. The second-order valence-corrected chi connectivity index (χ2v) is 7.44. The summed E-state index contributed by atoms with van der Waals surface area (Å²) in [6.07, 6.45) is 3.22. The van der Waals surface area contributed by atoms with E-state index in [9.17, 15) is 9.59 Å². The summed E-state index contributed by atoms with van der Waals surface area (Å²) in [5.41, 5.74) is 1.14. The first-order chi connectivity index (χ1) is 13.4. The van der Waals surface area contributed by atoms with E-state index in [0.717, 1.165) is 5.56 Å². The van der Waals surface area contributed by atoms with Gasteiger partial charge in [0.15, 0.2) is 17.3 Å². The standard InChI is InChI=1S/C21H18ClNO4S/c1-23-20(12-16(24)14-5-7-15(22)8-6-14)28-19(21(23)25)11-13-4-9-17(26-2)18(10-13)27-3/h4-12H,1-3H3. The quantitative estimate of drug-likeness (QED) is 0.601. The lowest BCUT2D eigenvalue weighted by Gasteiger charge is -2.07. The van der Waals surface area contributed by atoms with Gasteiger partial charge in [0.05, 0.1) is 18.8 Å². The van der Waals surface area contributed by atoms with Crippen LogP contribution >= 0.6 is 22.9 Å². The number of halogens is 1. The number of hydrogen-bond donors (Lipinski definition) is 0. The first-order valence-corrected chi connectivity index (χ1v) is 9.53. The highest BCUT2D eigenvalue weighted by Crippen LogP contribution is 2.27. The number of thiazole rings is 1. The fourth-order valence-electron chi connectivity index (χ4n) is 2.61. The number of hydrogen-bond acceptors (Lipinski definition) is 5. The molecule has 5 nitrogen and oxygen atoms in total. The largest absolute Gasteiger partial charge is 0.493 e. The van der Waals surface area contributed by atoms with Gasteiger partial charge in [0.1, 0.15) is 4.66 Å². The normalized spacial score (nSPS) is 12.3. The van der Waals surface area contributed by atoms with Crippen molar-refractivity contribution in [2.75, 3.05) is 14.2 Å². The number of carbonyl (C=O) groups is 1. The summed E-state index contributed by atoms with van der Waals surface area (Å²) in [6, 6.07) is 12.0. The minimum atomic E-state index is -0.189. The smallest absolute Gasteiger partial charge is 0.268 e. The molecule has 0 amide bonds. The zero-order chi connectivity index (χ0) is 20.3. The van der Waals surface area contributed by atoms with Crippen LogP contribution in [0.25, 0.3) is 12.2 Å². The van der Waals surface area contributed by atoms with Crippen LogP contribution in [-0.2, 0) is 7.05 Å². The number of Topliss-reactive ketones (excluding diaryl/α,β-unsaturated/α-hetero) is 1. The molecule has 0 saturated carbocycles. The highest BCUT2D eigenvalue weighted by molar-refractivity contribution is 7.07. The number of ether oxygens (including phenoxy) is 2. The van der Waals surface area contributed by atoms with Crippen LogP contribution in [0.1, 0.15) is 15.9 Å². The Hall–Kier alpha value is -2.83. The third-order valence-electron chi connectivity index (χ3n) is 4.15. The van der Waals surface area contributed by atoms with Gasteiger partial charge in [0.25, 0.3) is 5.56 Å². The van der Waals surface area contributed by atoms with E-state index in [-0.39, 0.29) is 11.3 Å². The minimum absolute atomic E-state index is 0.171. The van der Waals surface area contributed by atoms with E-state index in [1.807, 2.05) is 6.07 Å². The highest BCUT2D eigenvalue weighted by Gasteiger charge is 2.07. The Balaban J connectivity index is 2.04. The molecule has 1 aromatic heterocycles. The molecular weight excluding hydrogens is 398 g/mol. The molecule has 0 bridgehead atoms. The molecule has 0 radical (unpaired) electrons. The molecule has 0 unspecified atom stereocenters. The summed E-state index contributed by atoms with van der Waals surface area (Å²) in [4.78, 5) is 25.0. The van der Waals surface area contributed by atoms with E-state index in [1.54, 1.807) is 63.7 Å². The van der Waals surface area contributed by atoms with Crippen LogP contribution in [0.2, 0.25) is 5.02 Å². The second kappa shape index (κ2) is 8.46. The van der Waals surface area contributed by atoms with Crippen LogP contribution in [0.4, 0.5) is 0 Å². The summed E-state index contributed by atoms with van der Waals surface area (Å²) in [6.45, 7) is 0. The maximum absolute atomic E-state index is 12.6. The summed E-state index contributed by atoms with van der Waals surface area (Å²) >= 11 is 7.11. The van der Waals surface area contributed by atoms with E-state index in [0.29, 0.717) is 31.3 Å². The van der Waals surface area contributed by atoms with Gasteiger partial charge in [-0.05, 0) is 48.0 Å². The molecule has 0 aliphatic rings. The van der Waals surface area contributed by atoms with Crippen molar-refractivity contribution < 1.29 is 14.3 Å². The Labute approximate surface area is 170 Å². The molecule has 0 aliphatic carbocycles. The van der Waals surface area contributed by atoms with Gasteiger partial charge in [-0.3, -0.25) is 9.59 Å². The second-order valence-electron chi connectivity index (χ2n) is 5.94. The van der Waals surface area contributed by atoms with Gasteiger partial charge in [-0.25, -0.2) is 0 Å². The lowest BCUT2D eigenvalue weighted by molar-refractivity contribution is 0.106. The third kappa shape index (κ3) is 4.18. The average Bonchev–Trinajstić information content (AvgIpc) is 2.96. The molecule has 0 aliphatic heterocycles. The zero-order valence-corrected chi connectivity index (χ0v) is 17.1. The Bertz CT molecular complexity index is 1190. The number of nitrogens with zero attached hydrogens (tertiary/aromatic N) is 1. The lowest BCUT2D eigenvalue weighted by atomic mass is 10.1. The average molecular weight is 416 g/mol. The molecule has 0 atom stereocenters. The molecule has 3 rings (SSSR count). The van der Waals surface area contributed by atoms with Gasteiger partial charge < -0.3 is 14.0 Å². The molecule has 1 heterocycles. The predicted octanol–water partition coefficient (Wildman–Crippen LogP) is 2.61. The van der Waals surface area contributed by atoms with Gasteiger partial charge in [0.2, 0.25) is 0 Å². The van der Waals surface area contributed by atoms with Gasteiger partial charge in [0, 0.05) is 23.7 Å². The van der Waals surface area contributed by atoms with Gasteiger partial charge in [-0.15, -0.1) is 11.3 Å². The van der Waals surface area contributed by atoms with Gasteiger partial charge in [-0.2, -0.15) is 0 Å². The van der Waals surface area contributed by atoms with E-state index in [4.69, 9.17) is 21.1 Å². The molecule has 0 saturated heterocycles. The van der Waals surface area contributed by atoms with Crippen molar-refractivity contribution in [1.29, 1.82) is 0 Å². The number of benzene rings is 2.